The first-order chi connectivity index (χ1) is 12.3. The Bertz CT molecular complexity index is 458. The van der Waals surface area contributed by atoms with E-state index in [0.717, 1.165) is 70.2 Å². The Balaban J connectivity index is 1.23. The highest BCUT2D eigenvalue weighted by molar-refractivity contribution is 5.80. The summed E-state index contributed by atoms with van der Waals surface area (Å²) in [4.78, 5) is 9.57. The molecule has 2 unspecified atom stereocenters. The molecule has 0 aromatic rings. The fourth-order valence-corrected chi connectivity index (χ4v) is 4.13. The molecule has 0 bridgehead atoms. The number of nitrogens with zero attached hydrogens (tertiary/aromatic N) is 3. The van der Waals surface area contributed by atoms with Crippen LogP contribution in [0, 0.1) is 5.92 Å². The number of morpholine rings is 1. The Hall–Kier alpha value is -0.850. The Morgan fingerprint density at radius 3 is 2.64 bits per heavy atom. The molecule has 2 heterocycles. The van der Waals surface area contributed by atoms with Gasteiger partial charge in [-0.2, -0.15) is 0 Å². The van der Waals surface area contributed by atoms with Gasteiger partial charge in [-0.15, -0.1) is 0 Å². The second-order valence-electron chi connectivity index (χ2n) is 8.05. The van der Waals surface area contributed by atoms with Gasteiger partial charge in [0.15, 0.2) is 5.96 Å². The SMILES string of the molecule is CN=C(NCCN(CC1CC1)C1CC1)N1CCOC(C2CCCO2)C1. The standard InChI is InChI=1S/C19H34N4O2/c1-20-19(21-8-9-22(16-6-7-16)13-15-4-5-15)23-10-12-25-18(14-23)17-3-2-11-24-17/h15-18H,2-14H2,1H3,(H,20,21). The molecule has 2 aliphatic carbocycles. The van der Waals surface area contributed by atoms with Gasteiger partial charge in [0.25, 0.3) is 0 Å². The minimum absolute atomic E-state index is 0.188. The topological polar surface area (TPSA) is 49.3 Å². The molecule has 0 aromatic carbocycles. The zero-order valence-electron chi connectivity index (χ0n) is 15.7. The van der Waals surface area contributed by atoms with Gasteiger partial charge in [-0.3, -0.25) is 9.89 Å². The third kappa shape index (κ3) is 4.86. The molecule has 2 aliphatic heterocycles. The van der Waals surface area contributed by atoms with Gasteiger partial charge < -0.3 is 19.7 Å². The predicted octanol–water partition coefficient (Wildman–Crippen LogP) is 1.32. The highest BCUT2D eigenvalue weighted by Gasteiger charge is 2.34. The number of guanidine groups is 1. The molecule has 0 amide bonds. The normalized spacial score (nSPS) is 31.0. The Morgan fingerprint density at radius 2 is 1.96 bits per heavy atom. The zero-order chi connectivity index (χ0) is 17.1. The molecule has 25 heavy (non-hydrogen) atoms. The molecule has 142 valence electrons. The van der Waals surface area contributed by atoms with E-state index >= 15 is 0 Å². The van der Waals surface area contributed by atoms with Crippen LogP contribution in [-0.4, -0.2) is 87.0 Å². The first-order valence-corrected chi connectivity index (χ1v) is 10.3. The van der Waals surface area contributed by atoms with Crippen molar-refractivity contribution in [3.63, 3.8) is 0 Å². The van der Waals surface area contributed by atoms with Crippen LogP contribution >= 0.6 is 0 Å². The molecular weight excluding hydrogens is 316 g/mol. The zero-order valence-corrected chi connectivity index (χ0v) is 15.7. The van der Waals surface area contributed by atoms with E-state index in [1.807, 2.05) is 7.05 Å². The molecule has 0 aromatic heterocycles. The van der Waals surface area contributed by atoms with Crippen LogP contribution in [-0.2, 0) is 9.47 Å². The van der Waals surface area contributed by atoms with Crippen molar-refractivity contribution in [1.29, 1.82) is 0 Å². The maximum absolute atomic E-state index is 5.96. The third-order valence-electron chi connectivity index (χ3n) is 5.92. The predicted molar refractivity (Wildman–Crippen MR) is 99.0 cm³/mol. The van der Waals surface area contributed by atoms with Crippen molar-refractivity contribution in [2.45, 2.75) is 56.8 Å². The van der Waals surface area contributed by atoms with E-state index in [1.165, 1.54) is 32.2 Å². The summed E-state index contributed by atoms with van der Waals surface area (Å²) in [5.74, 6) is 2.00. The molecule has 4 rings (SSSR count). The molecule has 0 radical (unpaired) electrons. The number of hydrogen-bond donors (Lipinski definition) is 1. The van der Waals surface area contributed by atoms with E-state index in [9.17, 15) is 0 Å². The van der Waals surface area contributed by atoms with Crippen LogP contribution in [0.25, 0.3) is 0 Å². The Morgan fingerprint density at radius 1 is 1.12 bits per heavy atom. The van der Waals surface area contributed by atoms with E-state index < -0.39 is 0 Å². The molecule has 0 spiro atoms. The van der Waals surface area contributed by atoms with Crippen LogP contribution in [0.15, 0.2) is 4.99 Å². The van der Waals surface area contributed by atoms with Crippen LogP contribution in [0.4, 0.5) is 0 Å². The first-order valence-electron chi connectivity index (χ1n) is 10.3. The Labute approximate surface area is 151 Å². The second kappa shape index (κ2) is 8.23. The fourth-order valence-electron chi connectivity index (χ4n) is 4.13. The highest BCUT2D eigenvalue weighted by Crippen LogP contribution is 2.34. The van der Waals surface area contributed by atoms with Crippen LogP contribution in [0.3, 0.4) is 0 Å². The summed E-state index contributed by atoms with van der Waals surface area (Å²) < 4.78 is 11.8. The van der Waals surface area contributed by atoms with E-state index in [2.05, 4.69) is 20.1 Å². The van der Waals surface area contributed by atoms with Crippen LogP contribution in [0.5, 0.6) is 0 Å². The van der Waals surface area contributed by atoms with Crippen molar-refractivity contribution in [1.82, 2.24) is 15.1 Å². The lowest BCUT2D eigenvalue weighted by Crippen LogP contribution is -2.54. The smallest absolute Gasteiger partial charge is 0.193 e. The van der Waals surface area contributed by atoms with Crippen LogP contribution in [0.1, 0.15) is 38.5 Å². The lowest BCUT2D eigenvalue weighted by atomic mass is 10.1. The molecular formula is C19H34N4O2. The maximum atomic E-state index is 5.96. The van der Waals surface area contributed by atoms with Gasteiger partial charge in [0, 0.05) is 52.4 Å². The van der Waals surface area contributed by atoms with E-state index in [-0.39, 0.29) is 12.2 Å². The molecule has 2 atom stereocenters. The molecule has 2 saturated carbocycles. The van der Waals surface area contributed by atoms with Gasteiger partial charge in [0.05, 0.1) is 12.7 Å². The fraction of sp³-hybridized carbons (Fsp3) is 0.947. The summed E-state index contributed by atoms with van der Waals surface area (Å²) in [6, 6.07) is 0.858. The Kier molecular flexibility index (Phi) is 5.78. The molecule has 2 saturated heterocycles. The van der Waals surface area contributed by atoms with Gasteiger partial charge in [-0.25, -0.2) is 0 Å². The van der Waals surface area contributed by atoms with Gasteiger partial charge in [0.2, 0.25) is 0 Å². The quantitative estimate of drug-likeness (QED) is 0.554. The summed E-state index contributed by atoms with van der Waals surface area (Å²) in [6.45, 7) is 6.88. The summed E-state index contributed by atoms with van der Waals surface area (Å²) >= 11 is 0. The average Bonchev–Trinajstić information content (AvgIpc) is 3.57. The summed E-state index contributed by atoms with van der Waals surface area (Å²) in [5.41, 5.74) is 0. The van der Waals surface area contributed by atoms with Gasteiger partial charge >= 0.3 is 0 Å². The largest absolute Gasteiger partial charge is 0.375 e. The lowest BCUT2D eigenvalue weighted by molar-refractivity contribution is -0.0817. The van der Waals surface area contributed by atoms with E-state index in [4.69, 9.17) is 9.47 Å². The van der Waals surface area contributed by atoms with E-state index in [0.29, 0.717) is 0 Å². The van der Waals surface area contributed by atoms with Gasteiger partial charge in [-0.1, -0.05) is 0 Å². The van der Waals surface area contributed by atoms with Gasteiger partial charge in [0.1, 0.15) is 6.10 Å². The van der Waals surface area contributed by atoms with Crippen molar-refractivity contribution >= 4 is 5.96 Å². The monoisotopic (exact) mass is 350 g/mol. The van der Waals surface area contributed by atoms with Crippen LogP contribution in [0.2, 0.25) is 0 Å². The molecule has 4 aliphatic rings. The second-order valence-corrected chi connectivity index (χ2v) is 8.05. The maximum Gasteiger partial charge on any atom is 0.193 e. The number of hydrogen-bond acceptors (Lipinski definition) is 4. The van der Waals surface area contributed by atoms with Crippen LogP contribution < -0.4 is 5.32 Å². The average molecular weight is 351 g/mol. The lowest BCUT2D eigenvalue weighted by Gasteiger charge is -2.37. The summed E-state index contributed by atoms with van der Waals surface area (Å²) in [5, 5.41) is 3.59. The minimum atomic E-state index is 0.188. The number of nitrogens with one attached hydrogen (secondary N) is 1. The summed E-state index contributed by atoms with van der Waals surface area (Å²) in [7, 11) is 1.89. The molecule has 1 N–H and O–H groups in total. The van der Waals surface area contributed by atoms with Crippen molar-refractivity contribution in [3.8, 4) is 0 Å². The van der Waals surface area contributed by atoms with Crippen molar-refractivity contribution in [2.75, 3.05) is 53.0 Å². The van der Waals surface area contributed by atoms with Crippen molar-refractivity contribution < 1.29 is 9.47 Å². The summed E-state index contributed by atoms with van der Waals surface area (Å²) in [6.07, 6.45) is 8.42. The first kappa shape index (κ1) is 17.6. The number of rotatable bonds is 7. The molecule has 6 nitrogen and oxygen atoms in total. The molecule has 6 heteroatoms. The highest BCUT2D eigenvalue weighted by atomic mass is 16.5. The molecule has 4 fully saturated rings. The number of ether oxygens (including phenoxy) is 2. The third-order valence-corrected chi connectivity index (χ3v) is 5.92. The van der Waals surface area contributed by atoms with E-state index in [1.54, 1.807) is 0 Å². The minimum Gasteiger partial charge on any atom is -0.375 e. The van der Waals surface area contributed by atoms with Gasteiger partial charge in [-0.05, 0) is 44.4 Å². The van der Waals surface area contributed by atoms with Crippen molar-refractivity contribution in [2.24, 2.45) is 10.9 Å². The number of aliphatic imine (C=N–C) groups is 1. The van der Waals surface area contributed by atoms with Crippen molar-refractivity contribution in [3.05, 3.63) is 0 Å².